The predicted molar refractivity (Wildman–Crippen MR) is 78.2 cm³/mol. The van der Waals surface area contributed by atoms with Gasteiger partial charge in [0.2, 0.25) is 0 Å². The summed E-state index contributed by atoms with van der Waals surface area (Å²) in [6.45, 7) is 4.31. The minimum absolute atomic E-state index is 0.102. The Balaban J connectivity index is 1.56. The van der Waals surface area contributed by atoms with E-state index in [2.05, 4.69) is 15.5 Å². The van der Waals surface area contributed by atoms with Gasteiger partial charge in [-0.15, -0.1) is 0 Å². The highest BCUT2D eigenvalue weighted by Gasteiger charge is 2.29. The second kappa shape index (κ2) is 6.37. The fourth-order valence-corrected chi connectivity index (χ4v) is 2.85. The Bertz CT molecular complexity index is 585. The highest BCUT2D eigenvalue weighted by molar-refractivity contribution is 5.26. The van der Waals surface area contributed by atoms with Crippen LogP contribution < -0.4 is 5.32 Å². The van der Waals surface area contributed by atoms with Crippen molar-refractivity contribution < 1.29 is 9.13 Å². The summed E-state index contributed by atoms with van der Waals surface area (Å²) >= 11 is 0. The normalized spacial score (nSPS) is 21.8. The summed E-state index contributed by atoms with van der Waals surface area (Å²) in [5.74, 6) is 0.245. The second-order valence-electron chi connectivity index (χ2n) is 5.57. The summed E-state index contributed by atoms with van der Waals surface area (Å²) in [6, 6.07) is 4.92. The van der Waals surface area contributed by atoms with E-state index in [4.69, 9.17) is 4.74 Å². The molecular weight excluding hydrogens is 269 g/mol. The van der Waals surface area contributed by atoms with E-state index in [1.54, 1.807) is 6.07 Å². The van der Waals surface area contributed by atoms with Crippen molar-refractivity contribution in [2.75, 3.05) is 13.2 Å². The van der Waals surface area contributed by atoms with Gasteiger partial charge in [-0.3, -0.25) is 5.10 Å². The molecule has 3 rings (SSSR count). The SMILES string of the molecule is Cc1ccc(F)cc1CNC[C@H]1CCO[C@@H]1c1cn[nH]c1. The molecule has 1 fully saturated rings. The molecule has 2 N–H and O–H groups in total. The van der Waals surface area contributed by atoms with Crippen LogP contribution in [0.15, 0.2) is 30.6 Å². The zero-order valence-electron chi connectivity index (χ0n) is 12.1. The fourth-order valence-electron chi connectivity index (χ4n) is 2.85. The third kappa shape index (κ3) is 3.31. The summed E-state index contributed by atoms with van der Waals surface area (Å²) in [5.41, 5.74) is 3.22. The van der Waals surface area contributed by atoms with Gasteiger partial charge in [-0.1, -0.05) is 6.07 Å². The van der Waals surface area contributed by atoms with Crippen LogP contribution in [0.2, 0.25) is 0 Å². The van der Waals surface area contributed by atoms with Crippen LogP contribution in [0.1, 0.15) is 29.2 Å². The van der Waals surface area contributed by atoms with Crippen molar-refractivity contribution in [3.8, 4) is 0 Å². The predicted octanol–water partition coefficient (Wildman–Crippen LogP) is 2.72. The number of aromatic nitrogens is 2. The lowest BCUT2D eigenvalue weighted by molar-refractivity contribution is 0.0905. The quantitative estimate of drug-likeness (QED) is 0.890. The van der Waals surface area contributed by atoms with Gasteiger partial charge in [0, 0.05) is 37.4 Å². The number of hydrogen-bond acceptors (Lipinski definition) is 3. The second-order valence-corrected chi connectivity index (χ2v) is 5.57. The van der Waals surface area contributed by atoms with Gasteiger partial charge in [0.15, 0.2) is 0 Å². The largest absolute Gasteiger partial charge is 0.373 e. The number of rotatable bonds is 5. The number of aromatic amines is 1. The van der Waals surface area contributed by atoms with Crippen molar-refractivity contribution >= 4 is 0 Å². The third-order valence-electron chi connectivity index (χ3n) is 4.10. The van der Waals surface area contributed by atoms with E-state index >= 15 is 0 Å². The van der Waals surface area contributed by atoms with Gasteiger partial charge >= 0.3 is 0 Å². The summed E-state index contributed by atoms with van der Waals surface area (Å²) in [7, 11) is 0. The van der Waals surface area contributed by atoms with Gasteiger partial charge in [-0.05, 0) is 36.6 Å². The summed E-state index contributed by atoms with van der Waals surface area (Å²) in [6.07, 6.45) is 4.84. The summed E-state index contributed by atoms with van der Waals surface area (Å²) < 4.78 is 19.1. The Labute approximate surface area is 123 Å². The molecular formula is C16H20FN3O. The van der Waals surface area contributed by atoms with Gasteiger partial charge in [0.25, 0.3) is 0 Å². The van der Waals surface area contributed by atoms with Crippen LogP contribution in [0, 0.1) is 18.7 Å². The van der Waals surface area contributed by atoms with Crippen LogP contribution in [0.4, 0.5) is 4.39 Å². The molecule has 2 aromatic rings. The molecule has 0 saturated carbocycles. The number of nitrogens with zero attached hydrogens (tertiary/aromatic N) is 1. The standard InChI is InChI=1S/C16H20FN3O/c1-11-2-3-15(17)6-13(11)8-18-7-12-4-5-21-16(12)14-9-19-20-10-14/h2-3,6,9-10,12,16,18H,4-5,7-8H2,1H3,(H,19,20)/t12-,16+/m1/s1. The molecule has 0 spiro atoms. The molecule has 0 amide bonds. The van der Waals surface area contributed by atoms with Crippen LogP contribution >= 0.6 is 0 Å². The van der Waals surface area contributed by atoms with Crippen LogP contribution in [-0.4, -0.2) is 23.3 Å². The summed E-state index contributed by atoms with van der Waals surface area (Å²) in [5, 5.41) is 10.2. The van der Waals surface area contributed by atoms with Crippen molar-refractivity contribution in [1.29, 1.82) is 0 Å². The van der Waals surface area contributed by atoms with Crippen molar-refractivity contribution in [2.24, 2.45) is 5.92 Å². The molecule has 1 aliphatic rings. The van der Waals surface area contributed by atoms with E-state index in [-0.39, 0.29) is 11.9 Å². The molecule has 0 aliphatic carbocycles. The zero-order valence-corrected chi connectivity index (χ0v) is 12.1. The number of hydrogen-bond donors (Lipinski definition) is 2. The average Bonchev–Trinajstić information content (AvgIpc) is 3.13. The molecule has 2 heterocycles. The first-order valence-electron chi connectivity index (χ1n) is 7.30. The van der Waals surface area contributed by atoms with Gasteiger partial charge in [0.05, 0.1) is 12.3 Å². The Morgan fingerprint density at radius 2 is 2.38 bits per heavy atom. The topological polar surface area (TPSA) is 49.9 Å². The van der Waals surface area contributed by atoms with Gasteiger partial charge in [0.1, 0.15) is 5.82 Å². The molecule has 21 heavy (non-hydrogen) atoms. The number of H-pyrrole nitrogens is 1. The number of nitrogens with one attached hydrogen (secondary N) is 2. The van der Waals surface area contributed by atoms with Crippen LogP contribution in [-0.2, 0) is 11.3 Å². The van der Waals surface area contributed by atoms with Crippen LogP contribution in [0.3, 0.4) is 0 Å². The first-order chi connectivity index (χ1) is 10.2. The van der Waals surface area contributed by atoms with E-state index in [1.807, 2.05) is 25.4 Å². The lowest BCUT2D eigenvalue weighted by Crippen LogP contribution is -2.24. The van der Waals surface area contributed by atoms with Gasteiger partial charge in [-0.2, -0.15) is 5.10 Å². The maximum absolute atomic E-state index is 13.3. The van der Waals surface area contributed by atoms with Crippen molar-refractivity contribution in [1.82, 2.24) is 15.5 Å². The van der Waals surface area contributed by atoms with Gasteiger partial charge < -0.3 is 10.1 Å². The number of aryl methyl sites for hydroxylation is 1. The van der Waals surface area contributed by atoms with Gasteiger partial charge in [-0.25, -0.2) is 4.39 Å². The Morgan fingerprint density at radius 1 is 1.48 bits per heavy atom. The maximum atomic E-state index is 13.3. The monoisotopic (exact) mass is 289 g/mol. The molecule has 5 heteroatoms. The molecule has 112 valence electrons. The molecule has 1 aromatic heterocycles. The Hall–Kier alpha value is -1.72. The van der Waals surface area contributed by atoms with E-state index < -0.39 is 0 Å². The molecule has 0 bridgehead atoms. The van der Waals surface area contributed by atoms with E-state index in [1.165, 1.54) is 6.07 Å². The smallest absolute Gasteiger partial charge is 0.123 e. The van der Waals surface area contributed by atoms with Crippen LogP contribution in [0.5, 0.6) is 0 Å². The molecule has 0 radical (unpaired) electrons. The van der Waals surface area contributed by atoms with E-state index in [0.717, 1.165) is 36.3 Å². The number of halogens is 1. The van der Waals surface area contributed by atoms with Crippen LogP contribution in [0.25, 0.3) is 0 Å². The molecule has 0 unspecified atom stereocenters. The fraction of sp³-hybridized carbons (Fsp3) is 0.438. The average molecular weight is 289 g/mol. The Kier molecular flexibility index (Phi) is 4.31. The number of benzene rings is 1. The lowest BCUT2D eigenvalue weighted by atomic mass is 9.97. The molecule has 2 atom stereocenters. The van der Waals surface area contributed by atoms with Crippen molar-refractivity contribution in [2.45, 2.75) is 26.0 Å². The Morgan fingerprint density at radius 3 is 3.19 bits per heavy atom. The minimum Gasteiger partial charge on any atom is -0.373 e. The van der Waals surface area contributed by atoms with E-state index in [9.17, 15) is 4.39 Å². The first-order valence-corrected chi connectivity index (χ1v) is 7.30. The molecule has 1 aliphatic heterocycles. The number of ether oxygens (including phenoxy) is 1. The molecule has 4 nitrogen and oxygen atoms in total. The summed E-state index contributed by atoms with van der Waals surface area (Å²) in [4.78, 5) is 0. The third-order valence-corrected chi connectivity index (χ3v) is 4.10. The minimum atomic E-state index is -0.183. The molecule has 1 saturated heterocycles. The lowest BCUT2D eigenvalue weighted by Gasteiger charge is -2.18. The molecule has 1 aromatic carbocycles. The van der Waals surface area contributed by atoms with E-state index in [0.29, 0.717) is 12.5 Å². The maximum Gasteiger partial charge on any atom is 0.123 e. The van der Waals surface area contributed by atoms with Crippen molar-refractivity contribution in [3.63, 3.8) is 0 Å². The zero-order chi connectivity index (χ0) is 14.7. The highest BCUT2D eigenvalue weighted by Crippen LogP contribution is 2.33. The first kappa shape index (κ1) is 14.2. The highest BCUT2D eigenvalue weighted by atomic mass is 19.1. The van der Waals surface area contributed by atoms with Crippen molar-refractivity contribution in [3.05, 3.63) is 53.1 Å².